The van der Waals surface area contributed by atoms with E-state index in [1.807, 2.05) is 0 Å². The van der Waals surface area contributed by atoms with Crippen LogP contribution in [0.5, 0.6) is 0 Å². The summed E-state index contributed by atoms with van der Waals surface area (Å²) in [4.78, 5) is 11.1. The zero-order valence-corrected chi connectivity index (χ0v) is 10.8. The van der Waals surface area contributed by atoms with Gasteiger partial charge in [-0.1, -0.05) is 13.3 Å². The van der Waals surface area contributed by atoms with Crippen molar-refractivity contribution in [2.24, 2.45) is 11.7 Å². The summed E-state index contributed by atoms with van der Waals surface area (Å²) in [5.41, 5.74) is 6.89. The van der Waals surface area contributed by atoms with E-state index in [4.69, 9.17) is 5.73 Å². The summed E-state index contributed by atoms with van der Waals surface area (Å²) in [5.74, 6) is 1.67. The van der Waals surface area contributed by atoms with Gasteiger partial charge in [0, 0.05) is 24.3 Å². The second-order valence-corrected chi connectivity index (χ2v) is 4.96. The number of aryl methyl sites for hydroxylation is 1. The summed E-state index contributed by atoms with van der Waals surface area (Å²) >= 11 is 0. The predicted molar refractivity (Wildman–Crippen MR) is 70.0 cm³/mol. The smallest absolute Gasteiger partial charge is 0.132 e. The Morgan fingerprint density at radius 3 is 2.94 bits per heavy atom. The normalized spacial score (nSPS) is 24.3. The molecule has 4 heteroatoms. The molecule has 4 nitrogen and oxygen atoms in total. The van der Waals surface area contributed by atoms with Crippen molar-refractivity contribution in [1.82, 2.24) is 9.97 Å². The first-order chi connectivity index (χ1) is 8.24. The molecule has 0 aromatic carbocycles. The Kier molecular flexibility index (Phi) is 3.94. The summed E-state index contributed by atoms with van der Waals surface area (Å²) in [6.07, 6.45) is 5.00. The van der Waals surface area contributed by atoms with Gasteiger partial charge in [-0.15, -0.1) is 0 Å². The minimum atomic E-state index is 0.535. The molecule has 17 heavy (non-hydrogen) atoms. The van der Waals surface area contributed by atoms with Crippen LogP contribution in [-0.2, 0) is 6.42 Å². The molecule has 1 aromatic heterocycles. The molecule has 2 unspecified atom stereocenters. The van der Waals surface area contributed by atoms with Crippen LogP contribution >= 0.6 is 0 Å². The standard InChI is InChI=1S/C13H22N4/c1-3-4-12-6-13(16-9-15-12)17-8-11(7-14)5-10(17)2/h6,9-11H,3-5,7-8,14H2,1-2H3. The van der Waals surface area contributed by atoms with E-state index in [0.29, 0.717) is 12.0 Å². The molecule has 1 aliphatic heterocycles. The maximum Gasteiger partial charge on any atom is 0.132 e. The van der Waals surface area contributed by atoms with E-state index < -0.39 is 0 Å². The highest BCUT2D eigenvalue weighted by Gasteiger charge is 2.28. The fourth-order valence-corrected chi connectivity index (χ4v) is 2.57. The fraction of sp³-hybridized carbons (Fsp3) is 0.692. The van der Waals surface area contributed by atoms with Crippen molar-refractivity contribution in [2.45, 2.75) is 39.2 Å². The van der Waals surface area contributed by atoms with Gasteiger partial charge in [0.1, 0.15) is 12.1 Å². The van der Waals surface area contributed by atoms with Crippen molar-refractivity contribution in [3.8, 4) is 0 Å². The van der Waals surface area contributed by atoms with Crippen molar-refractivity contribution in [3.05, 3.63) is 18.1 Å². The molecule has 0 spiro atoms. The molecule has 2 N–H and O–H groups in total. The van der Waals surface area contributed by atoms with Crippen molar-refractivity contribution in [3.63, 3.8) is 0 Å². The quantitative estimate of drug-likeness (QED) is 0.860. The molecule has 0 bridgehead atoms. The molecule has 2 atom stereocenters. The van der Waals surface area contributed by atoms with E-state index in [-0.39, 0.29) is 0 Å². The maximum absolute atomic E-state index is 5.75. The van der Waals surface area contributed by atoms with E-state index in [9.17, 15) is 0 Å². The van der Waals surface area contributed by atoms with Crippen LogP contribution in [-0.4, -0.2) is 29.1 Å². The minimum absolute atomic E-state index is 0.535. The number of nitrogens with two attached hydrogens (primary N) is 1. The molecule has 0 radical (unpaired) electrons. The van der Waals surface area contributed by atoms with Crippen LogP contribution < -0.4 is 10.6 Å². The lowest BCUT2D eigenvalue weighted by Crippen LogP contribution is -2.28. The lowest BCUT2D eigenvalue weighted by molar-refractivity contribution is 0.579. The van der Waals surface area contributed by atoms with Gasteiger partial charge in [-0.05, 0) is 32.2 Å². The van der Waals surface area contributed by atoms with E-state index >= 15 is 0 Å². The largest absolute Gasteiger partial charge is 0.353 e. The zero-order chi connectivity index (χ0) is 12.3. The van der Waals surface area contributed by atoms with Crippen LogP contribution in [0.15, 0.2) is 12.4 Å². The fourth-order valence-electron chi connectivity index (χ4n) is 2.57. The monoisotopic (exact) mass is 234 g/mol. The lowest BCUT2D eigenvalue weighted by Gasteiger charge is -2.22. The molecule has 94 valence electrons. The number of nitrogens with zero attached hydrogens (tertiary/aromatic N) is 3. The molecule has 1 aromatic rings. The van der Waals surface area contributed by atoms with Gasteiger partial charge >= 0.3 is 0 Å². The molecule has 0 saturated carbocycles. The molecule has 0 aliphatic carbocycles. The van der Waals surface area contributed by atoms with Gasteiger partial charge in [-0.3, -0.25) is 0 Å². The predicted octanol–water partition coefficient (Wildman–Crippen LogP) is 1.60. The van der Waals surface area contributed by atoms with E-state index in [2.05, 4.69) is 34.8 Å². The second-order valence-electron chi connectivity index (χ2n) is 4.96. The van der Waals surface area contributed by atoms with E-state index in [1.165, 1.54) is 6.42 Å². The number of hydrogen-bond acceptors (Lipinski definition) is 4. The van der Waals surface area contributed by atoms with Gasteiger partial charge in [-0.25, -0.2) is 9.97 Å². The third-order valence-corrected chi connectivity index (χ3v) is 3.50. The first kappa shape index (κ1) is 12.3. The molecule has 2 rings (SSSR count). The first-order valence-electron chi connectivity index (χ1n) is 6.52. The SMILES string of the molecule is CCCc1cc(N2CC(CN)CC2C)ncn1. The Hall–Kier alpha value is -1.16. The first-order valence-corrected chi connectivity index (χ1v) is 6.52. The summed E-state index contributed by atoms with van der Waals surface area (Å²) in [7, 11) is 0. The number of aromatic nitrogens is 2. The molecule has 0 amide bonds. The Balaban J connectivity index is 2.13. The van der Waals surface area contributed by atoms with Gasteiger partial charge in [0.25, 0.3) is 0 Å². The van der Waals surface area contributed by atoms with Crippen molar-refractivity contribution < 1.29 is 0 Å². The van der Waals surface area contributed by atoms with Crippen LogP contribution in [0.3, 0.4) is 0 Å². The van der Waals surface area contributed by atoms with Crippen LogP contribution in [0.4, 0.5) is 5.82 Å². The average Bonchev–Trinajstić information content (AvgIpc) is 2.71. The zero-order valence-electron chi connectivity index (χ0n) is 10.8. The summed E-state index contributed by atoms with van der Waals surface area (Å²) < 4.78 is 0. The van der Waals surface area contributed by atoms with Crippen molar-refractivity contribution in [1.29, 1.82) is 0 Å². The van der Waals surface area contributed by atoms with Crippen LogP contribution in [0, 0.1) is 5.92 Å². The molecular weight excluding hydrogens is 212 g/mol. The maximum atomic E-state index is 5.75. The van der Waals surface area contributed by atoms with Crippen molar-refractivity contribution >= 4 is 5.82 Å². The topological polar surface area (TPSA) is 55.0 Å². The second kappa shape index (κ2) is 5.45. The van der Waals surface area contributed by atoms with Gasteiger partial charge in [0.15, 0.2) is 0 Å². The minimum Gasteiger partial charge on any atom is -0.353 e. The number of hydrogen-bond donors (Lipinski definition) is 1. The summed E-state index contributed by atoms with van der Waals surface area (Å²) in [5, 5.41) is 0. The van der Waals surface area contributed by atoms with Gasteiger partial charge < -0.3 is 10.6 Å². The van der Waals surface area contributed by atoms with Gasteiger partial charge in [-0.2, -0.15) is 0 Å². The Morgan fingerprint density at radius 1 is 1.47 bits per heavy atom. The van der Waals surface area contributed by atoms with E-state index in [1.54, 1.807) is 6.33 Å². The molecular formula is C13H22N4. The van der Waals surface area contributed by atoms with Gasteiger partial charge in [0.2, 0.25) is 0 Å². The van der Waals surface area contributed by atoms with Gasteiger partial charge in [0.05, 0.1) is 0 Å². The molecule has 1 aliphatic rings. The molecule has 1 fully saturated rings. The van der Waals surface area contributed by atoms with Crippen molar-refractivity contribution in [2.75, 3.05) is 18.0 Å². The Bertz CT molecular complexity index is 366. The lowest BCUT2D eigenvalue weighted by atomic mass is 10.1. The van der Waals surface area contributed by atoms with E-state index in [0.717, 1.165) is 37.4 Å². The third kappa shape index (κ3) is 2.75. The Morgan fingerprint density at radius 2 is 2.29 bits per heavy atom. The molecule has 1 saturated heterocycles. The summed E-state index contributed by atoms with van der Waals surface area (Å²) in [6.45, 7) is 6.22. The van der Waals surface area contributed by atoms with Crippen LogP contribution in [0.25, 0.3) is 0 Å². The summed E-state index contributed by atoms with van der Waals surface area (Å²) in [6, 6.07) is 2.66. The van der Waals surface area contributed by atoms with Crippen LogP contribution in [0.1, 0.15) is 32.4 Å². The number of rotatable bonds is 4. The Labute approximate surface area is 103 Å². The third-order valence-electron chi connectivity index (χ3n) is 3.50. The number of anilines is 1. The highest BCUT2D eigenvalue weighted by atomic mass is 15.2. The highest BCUT2D eigenvalue weighted by molar-refractivity contribution is 5.41. The van der Waals surface area contributed by atoms with Crippen LogP contribution in [0.2, 0.25) is 0 Å². The highest BCUT2D eigenvalue weighted by Crippen LogP contribution is 2.27. The molecule has 2 heterocycles. The average molecular weight is 234 g/mol.